The van der Waals surface area contributed by atoms with Crippen molar-refractivity contribution < 1.29 is 9.21 Å². The minimum absolute atomic E-state index is 0.202. The minimum Gasteiger partial charge on any atom is -0.424 e. The van der Waals surface area contributed by atoms with Gasteiger partial charge in [0.1, 0.15) is 11.6 Å². The summed E-state index contributed by atoms with van der Waals surface area (Å²) in [6, 6.07) is 8.46. The normalized spacial score (nSPS) is 31.1. The van der Waals surface area contributed by atoms with E-state index in [-0.39, 0.29) is 23.9 Å². The SMILES string of the molecule is NC(=O)C1NNC2CCC(Nc3nc4ccccc4o3)CC21. The van der Waals surface area contributed by atoms with Gasteiger partial charge in [0.25, 0.3) is 6.01 Å². The monoisotopic (exact) mass is 301 g/mol. The Hall–Kier alpha value is -2.12. The highest BCUT2D eigenvalue weighted by atomic mass is 16.4. The molecule has 1 saturated carbocycles. The van der Waals surface area contributed by atoms with E-state index in [2.05, 4.69) is 21.2 Å². The number of hydrogen-bond acceptors (Lipinski definition) is 6. The Morgan fingerprint density at radius 1 is 1.32 bits per heavy atom. The molecule has 5 N–H and O–H groups in total. The number of oxazole rings is 1. The third-order valence-corrected chi connectivity index (χ3v) is 4.68. The van der Waals surface area contributed by atoms with Crippen molar-refractivity contribution in [1.82, 2.24) is 15.8 Å². The van der Waals surface area contributed by atoms with Gasteiger partial charge in [0.2, 0.25) is 5.91 Å². The van der Waals surface area contributed by atoms with Crippen LogP contribution in [-0.2, 0) is 4.79 Å². The maximum Gasteiger partial charge on any atom is 0.295 e. The fraction of sp³-hybridized carbons (Fsp3) is 0.467. The van der Waals surface area contributed by atoms with Crippen molar-refractivity contribution >= 4 is 23.0 Å². The molecule has 1 aliphatic heterocycles. The van der Waals surface area contributed by atoms with Crippen LogP contribution in [0.15, 0.2) is 28.7 Å². The lowest BCUT2D eigenvalue weighted by molar-refractivity contribution is -0.120. The molecule has 1 aliphatic carbocycles. The largest absolute Gasteiger partial charge is 0.424 e. The van der Waals surface area contributed by atoms with Crippen molar-refractivity contribution in [3.05, 3.63) is 24.3 Å². The Morgan fingerprint density at radius 2 is 2.18 bits per heavy atom. The minimum atomic E-state index is -0.307. The molecule has 7 heteroatoms. The molecule has 4 rings (SSSR count). The molecule has 1 amide bonds. The van der Waals surface area contributed by atoms with Gasteiger partial charge in [-0.2, -0.15) is 4.98 Å². The molecular formula is C15H19N5O2. The molecule has 1 aromatic carbocycles. The number of hydrogen-bond donors (Lipinski definition) is 4. The van der Waals surface area contributed by atoms with E-state index >= 15 is 0 Å². The number of nitrogens with zero attached hydrogens (tertiary/aromatic N) is 1. The van der Waals surface area contributed by atoms with E-state index < -0.39 is 0 Å². The molecule has 4 atom stereocenters. The summed E-state index contributed by atoms with van der Waals surface area (Å²) in [7, 11) is 0. The number of amides is 1. The molecule has 0 radical (unpaired) electrons. The number of nitrogens with one attached hydrogen (secondary N) is 3. The van der Waals surface area contributed by atoms with Crippen LogP contribution < -0.4 is 21.9 Å². The number of hydrazine groups is 1. The van der Waals surface area contributed by atoms with Gasteiger partial charge in [0.15, 0.2) is 5.58 Å². The first kappa shape index (κ1) is 13.5. The van der Waals surface area contributed by atoms with E-state index in [4.69, 9.17) is 10.2 Å². The smallest absolute Gasteiger partial charge is 0.295 e. The molecular weight excluding hydrogens is 282 g/mol. The predicted molar refractivity (Wildman–Crippen MR) is 81.8 cm³/mol. The summed E-state index contributed by atoms with van der Waals surface area (Å²) in [6.07, 6.45) is 2.84. The zero-order valence-corrected chi connectivity index (χ0v) is 12.1. The Bertz CT molecular complexity index is 667. The van der Waals surface area contributed by atoms with Crippen LogP contribution in [0.3, 0.4) is 0 Å². The second-order valence-corrected chi connectivity index (χ2v) is 6.08. The molecule has 4 unspecified atom stereocenters. The molecule has 7 nitrogen and oxygen atoms in total. The number of para-hydroxylation sites is 2. The molecule has 116 valence electrons. The molecule has 2 aliphatic rings. The highest BCUT2D eigenvalue weighted by molar-refractivity contribution is 5.80. The van der Waals surface area contributed by atoms with Crippen molar-refractivity contribution in [3.63, 3.8) is 0 Å². The Balaban J connectivity index is 1.48. The van der Waals surface area contributed by atoms with Crippen LogP contribution in [0.25, 0.3) is 11.1 Å². The lowest BCUT2D eigenvalue weighted by atomic mass is 9.79. The third kappa shape index (κ3) is 2.32. The molecule has 22 heavy (non-hydrogen) atoms. The highest BCUT2D eigenvalue weighted by Gasteiger charge is 2.43. The van der Waals surface area contributed by atoms with Gasteiger partial charge in [0.05, 0.1) is 0 Å². The Labute approximate surface area is 127 Å². The van der Waals surface area contributed by atoms with Crippen LogP contribution in [0.1, 0.15) is 19.3 Å². The fourth-order valence-electron chi connectivity index (χ4n) is 3.58. The van der Waals surface area contributed by atoms with Gasteiger partial charge < -0.3 is 15.5 Å². The topological polar surface area (TPSA) is 105 Å². The van der Waals surface area contributed by atoms with E-state index in [9.17, 15) is 4.79 Å². The second-order valence-electron chi connectivity index (χ2n) is 6.08. The summed E-state index contributed by atoms with van der Waals surface area (Å²) < 4.78 is 5.71. The van der Waals surface area contributed by atoms with E-state index in [0.29, 0.717) is 12.1 Å². The lowest BCUT2D eigenvalue weighted by Gasteiger charge is -2.32. The van der Waals surface area contributed by atoms with Crippen molar-refractivity contribution in [2.24, 2.45) is 11.7 Å². The summed E-state index contributed by atoms with van der Waals surface area (Å²) in [6.45, 7) is 0. The molecule has 2 heterocycles. The van der Waals surface area contributed by atoms with E-state index in [1.54, 1.807) is 0 Å². The zero-order chi connectivity index (χ0) is 15.1. The van der Waals surface area contributed by atoms with Gasteiger partial charge in [-0.1, -0.05) is 12.1 Å². The van der Waals surface area contributed by atoms with Crippen LogP contribution in [0.4, 0.5) is 6.01 Å². The summed E-state index contributed by atoms with van der Waals surface area (Å²) in [5.74, 6) is -0.101. The number of carbonyl (C=O) groups is 1. The number of rotatable bonds is 3. The van der Waals surface area contributed by atoms with Gasteiger partial charge in [0, 0.05) is 18.0 Å². The van der Waals surface area contributed by atoms with Gasteiger partial charge >= 0.3 is 0 Å². The number of anilines is 1. The Kier molecular flexibility index (Phi) is 3.24. The van der Waals surface area contributed by atoms with Crippen molar-refractivity contribution in [2.75, 3.05) is 5.32 Å². The summed E-state index contributed by atoms with van der Waals surface area (Å²) in [4.78, 5) is 16.0. The van der Waals surface area contributed by atoms with Gasteiger partial charge in [-0.25, -0.2) is 5.43 Å². The maximum absolute atomic E-state index is 11.5. The molecule has 2 aromatic rings. The number of carbonyl (C=O) groups excluding carboxylic acids is 1. The van der Waals surface area contributed by atoms with Crippen molar-refractivity contribution in [1.29, 1.82) is 0 Å². The van der Waals surface area contributed by atoms with Gasteiger partial charge in [-0.3, -0.25) is 10.2 Å². The number of fused-ring (bicyclic) bond motifs is 2. The van der Waals surface area contributed by atoms with Crippen LogP contribution in [0, 0.1) is 5.92 Å². The molecule has 0 bridgehead atoms. The number of nitrogens with two attached hydrogens (primary N) is 1. The van der Waals surface area contributed by atoms with E-state index in [0.717, 1.165) is 30.4 Å². The highest BCUT2D eigenvalue weighted by Crippen LogP contribution is 2.32. The Morgan fingerprint density at radius 3 is 3.00 bits per heavy atom. The van der Waals surface area contributed by atoms with Crippen molar-refractivity contribution in [3.8, 4) is 0 Å². The zero-order valence-electron chi connectivity index (χ0n) is 12.1. The third-order valence-electron chi connectivity index (χ3n) is 4.68. The first-order valence-electron chi connectivity index (χ1n) is 7.63. The van der Waals surface area contributed by atoms with E-state index in [1.165, 1.54) is 0 Å². The molecule has 2 fully saturated rings. The average molecular weight is 301 g/mol. The first-order chi connectivity index (χ1) is 10.7. The number of primary amides is 1. The van der Waals surface area contributed by atoms with Gasteiger partial charge in [-0.15, -0.1) is 0 Å². The number of aromatic nitrogens is 1. The number of benzene rings is 1. The fourth-order valence-corrected chi connectivity index (χ4v) is 3.58. The van der Waals surface area contributed by atoms with Crippen LogP contribution in [0.5, 0.6) is 0 Å². The van der Waals surface area contributed by atoms with Crippen molar-refractivity contribution in [2.45, 2.75) is 37.4 Å². The van der Waals surface area contributed by atoms with Crippen LogP contribution in [-0.4, -0.2) is 29.0 Å². The summed E-state index contributed by atoms with van der Waals surface area (Å²) >= 11 is 0. The predicted octanol–water partition coefficient (Wildman–Crippen LogP) is 0.739. The molecule has 1 aromatic heterocycles. The standard InChI is InChI=1S/C15H19N5O2/c16-14(21)13-9-7-8(5-6-10(9)19-20-13)17-15-18-11-3-1-2-4-12(11)22-15/h1-4,8-10,13,19-20H,5-7H2,(H2,16,21)(H,17,18). The van der Waals surface area contributed by atoms with E-state index in [1.807, 2.05) is 24.3 Å². The van der Waals surface area contributed by atoms with Crippen LogP contribution in [0.2, 0.25) is 0 Å². The first-order valence-corrected chi connectivity index (χ1v) is 7.63. The second kappa shape index (κ2) is 5.26. The maximum atomic E-state index is 11.5. The molecule has 0 spiro atoms. The summed E-state index contributed by atoms with van der Waals surface area (Å²) in [5, 5.41) is 3.36. The van der Waals surface area contributed by atoms with Gasteiger partial charge in [-0.05, 0) is 31.4 Å². The molecule has 1 saturated heterocycles. The summed E-state index contributed by atoms with van der Waals surface area (Å²) in [5.41, 5.74) is 13.3. The average Bonchev–Trinajstić information content (AvgIpc) is 3.09. The quantitative estimate of drug-likeness (QED) is 0.666. The lowest BCUT2D eigenvalue weighted by Crippen LogP contribution is -2.44. The van der Waals surface area contributed by atoms with Crippen LogP contribution >= 0.6 is 0 Å².